The van der Waals surface area contributed by atoms with Crippen LogP contribution in [0, 0.1) is 6.92 Å². The predicted octanol–water partition coefficient (Wildman–Crippen LogP) is 4.74. The van der Waals surface area contributed by atoms with Crippen LogP contribution in [0.5, 0.6) is 5.75 Å². The molecule has 1 aliphatic rings. The van der Waals surface area contributed by atoms with E-state index in [0.717, 1.165) is 16.5 Å². The molecule has 0 spiro atoms. The second kappa shape index (κ2) is 9.53. The van der Waals surface area contributed by atoms with Crippen LogP contribution in [0.3, 0.4) is 0 Å². The molecular weight excluding hydrogens is 515 g/mol. The number of barbiturate groups is 1. The zero-order valence-electron chi connectivity index (χ0n) is 18.0. The van der Waals surface area contributed by atoms with E-state index < -0.39 is 33.5 Å². The zero-order chi connectivity index (χ0) is 25.3. The van der Waals surface area contributed by atoms with Gasteiger partial charge in [-0.15, -0.1) is 0 Å². The Morgan fingerprint density at radius 3 is 2.34 bits per heavy atom. The number of carbonyl (C=O) groups is 3. The van der Waals surface area contributed by atoms with E-state index in [1.807, 2.05) is 0 Å². The Morgan fingerprint density at radius 1 is 0.943 bits per heavy atom. The number of anilines is 1. The van der Waals surface area contributed by atoms with Crippen molar-refractivity contribution >= 4 is 62.9 Å². The van der Waals surface area contributed by atoms with E-state index in [-0.39, 0.29) is 26.9 Å². The summed E-state index contributed by atoms with van der Waals surface area (Å²) in [6, 6.07) is 15.1. The number of urea groups is 1. The van der Waals surface area contributed by atoms with Gasteiger partial charge in [0.1, 0.15) is 16.2 Å². The molecule has 0 radical (unpaired) electrons. The summed E-state index contributed by atoms with van der Waals surface area (Å²) >= 11 is 12.2. The summed E-state index contributed by atoms with van der Waals surface area (Å²) in [5.74, 6) is -2.07. The molecule has 4 amide bonds. The third-order valence-electron chi connectivity index (χ3n) is 5.02. The zero-order valence-corrected chi connectivity index (χ0v) is 20.3. The first-order valence-electron chi connectivity index (χ1n) is 10.0. The molecule has 0 saturated carbocycles. The Kier molecular flexibility index (Phi) is 6.66. The summed E-state index contributed by atoms with van der Waals surface area (Å²) in [6.07, 6.45) is 1.11. The van der Waals surface area contributed by atoms with Gasteiger partial charge in [-0.3, -0.25) is 14.9 Å². The molecule has 0 aromatic heterocycles. The number of hydrogen-bond donors (Lipinski definition) is 1. The van der Waals surface area contributed by atoms with E-state index in [1.54, 1.807) is 19.1 Å². The normalized spacial score (nSPS) is 15.3. The summed E-state index contributed by atoms with van der Waals surface area (Å²) in [6.45, 7) is 1.75. The van der Waals surface area contributed by atoms with E-state index >= 15 is 0 Å². The topological polar surface area (TPSA) is 110 Å². The lowest BCUT2D eigenvalue weighted by Gasteiger charge is -2.26. The molecule has 178 valence electrons. The highest BCUT2D eigenvalue weighted by Crippen LogP contribution is 2.31. The number of nitrogens with one attached hydrogen (secondary N) is 1. The Balaban J connectivity index is 1.76. The van der Waals surface area contributed by atoms with Gasteiger partial charge in [0.15, 0.2) is 0 Å². The van der Waals surface area contributed by atoms with Crippen LogP contribution in [0.1, 0.15) is 11.1 Å². The second-order valence-corrected chi connectivity index (χ2v) is 9.81. The molecule has 3 aromatic rings. The highest BCUT2D eigenvalue weighted by Gasteiger charge is 2.37. The number of rotatable bonds is 5. The van der Waals surface area contributed by atoms with Crippen LogP contribution in [-0.4, -0.2) is 26.3 Å². The monoisotopic (exact) mass is 530 g/mol. The van der Waals surface area contributed by atoms with Crippen molar-refractivity contribution in [1.29, 1.82) is 0 Å². The van der Waals surface area contributed by atoms with Crippen LogP contribution in [0.4, 0.5) is 10.5 Å². The van der Waals surface area contributed by atoms with Crippen molar-refractivity contribution in [3.05, 3.63) is 93.5 Å². The number of halogens is 2. The predicted molar refractivity (Wildman–Crippen MR) is 131 cm³/mol. The van der Waals surface area contributed by atoms with Crippen LogP contribution in [0.25, 0.3) is 6.08 Å². The summed E-state index contributed by atoms with van der Waals surface area (Å²) in [7, 11) is -4.22. The first-order valence-corrected chi connectivity index (χ1v) is 12.2. The minimum atomic E-state index is -4.22. The van der Waals surface area contributed by atoms with Crippen LogP contribution < -0.4 is 14.4 Å². The third-order valence-corrected chi connectivity index (χ3v) is 6.91. The minimum absolute atomic E-state index is 0.0340. The van der Waals surface area contributed by atoms with Crippen molar-refractivity contribution in [3.8, 4) is 5.75 Å². The molecule has 3 aromatic carbocycles. The maximum atomic E-state index is 13.2. The van der Waals surface area contributed by atoms with Gasteiger partial charge in [-0.25, -0.2) is 9.69 Å². The van der Waals surface area contributed by atoms with Gasteiger partial charge in [-0.05, 0) is 61.0 Å². The van der Waals surface area contributed by atoms with E-state index in [0.29, 0.717) is 5.02 Å². The SMILES string of the molecule is Cc1ccc(N2C(=O)NC(=O)/C(=C\c3cc(Cl)ccc3OS(=O)(=O)c3ccccc3)C2=O)cc1Cl. The van der Waals surface area contributed by atoms with E-state index in [2.05, 4.69) is 5.32 Å². The van der Waals surface area contributed by atoms with Crippen LogP contribution >= 0.6 is 23.2 Å². The maximum absolute atomic E-state index is 13.2. The van der Waals surface area contributed by atoms with Crippen LogP contribution in [0.15, 0.2) is 77.2 Å². The van der Waals surface area contributed by atoms with Crippen molar-refractivity contribution in [2.75, 3.05) is 4.90 Å². The number of benzene rings is 3. The van der Waals surface area contributed by atoms with Gasteiger partial charge in [-0.2, -0.15) is 8.42 Å². The summed E-state index contributed by atoms with van der Waals surface area (Å²) < 4.78 is 30.7. The quantitative estimate of drug-likeness (QED) is 0.290. The molecule has 0 aliphatic carbocycles. The van der Waals surface area contributed by atoms with Gasteiger partial charge >= 0.3 is 16.1 Å². The van der Waals surface area contributed by atoms with Gasteiger partial charge in [0.05, 0.1) is 5.69 Å². The summed E-state index contributed by atoms with van der Waals surface area (Å²) in [5.41, 5.74) is 0.473. The fourth-order valence-corrected chi connectivity index (χ4v) is 4.56. The molecule has 35 heavy (non-hydrogen) atoms. The highest BCUT2D eigenvalue weighted by molar-refractivity contribution is 7.87. The van der Waals surface area contributed by atoms with Gasteiger partial charge < -0.3 is 4.18 Å². The Labute approximate surface area is 210 Å². The second-order valence-electron chi connectivity index (χ2n) is 7.42. The molecule has 1 N–H and O–H groups in total. The molecule has 8 nitrogen and oxygen atoms in total. The summed E-state index contributed by atoms with van der Waals surface area (Å²) in [4.78, 5) is 38.9. The molecule has 0 bridgehead atoms. The Morgan fingerprint density at radius 2 is 1.66 bits per heavy atom. The third kappa shape index (κ3) is 5.07. The molecule has 0 unspecified atom stereocenters. The minimum Gasteiger partial charge on any atom is -0.378 e. The molecule has 1 saturated heterocycles. The standard InChI is InChI=1S/C24H16Cl2N2O6S/c1-14-7-9-17(13-20(14)26)28-23(30)19(22(29)27-24(28)31)12-15-11-16(25)8-10-21(15)34-35(32,33)18-5-3-2-4-6-18/h2-13H,1H3,(H,27,29,31)/b19-12+. The molecule has 1 fully saturated rings. The fourth-order valence-electron chi connectivity index (χ4n) is 3.23. The van der Waals surface area contributed by atoms with Crippen molar-refractivity contribution < 1.29 is 27.0 Å². The van der Waals surface area contributed by atoms with E-state index in [1.165, 1.54) is 54.6 Å². The van der Waals surface area contributed by atoms with Gasteiger partial charge in [-0.1, -0.05) is 47.5 Å². The van der Waals surface area contributed by atoms with Crippen molar-refractivity contribution in [2.24, 2.45) is 0 Å². The lowest BCUT2D eigenvalue weighted by Crippen LogP contribution is -2.54. The van der Waals surface area contributed by atoms with Crippen LogP contribution in [0.2, 0.25) is 10.0 Å². The number of nitrogens with zero attached hydrogens (tertiary/aromatic N) is 1. The number of carbonyl (C=O) groups excluding carboxylic acids is 3. The largest absolute Gasteiger partial charge is 0.378 e. The van der Waals surface area contributed by atoms with Crippen molar-refractivity contribution in [2.45, 2.75) is 11.8 Å². The van der Waals surface area contributed by atoms with Gasteiger partial charge in [0.2, 0.25) is 0 Å². The average molecular weight is 531 g/mol. The molecular formula is C24H16Cl2N2O6S. The number of amides is 4. The number of aryl methyl sites for hydroxylation is 1. The van der Waals surface area contributed by atoms with Crippen molar-refractivity contribution in [1.82, 2.24) is 5.32 Å². The number of hydrogen-bond acceptors (Lipinski definition) is 6. The summed E-state index contributed by atoms with van der Waals surface area (Å²) in [5, 5.41) is 2.61. The van der Waals surface area contributed by atoms with E-state index in [4.69, 9.17) is 27.4 Å². The average Bonchev–Trinajstić information content (AvgIpc) is 2.81. The Hall–Kier alpha value is -3.66. The molecule has 1 aliphatic heterocycles. The number of imide groups is 2. The highest BCUT2D eigenvalue weighted by atomic mass is 35.5. The lowest BCUT2D eigenvalue weighted by molar-refractivity contribution is -0.122. The molecule has 4 rings (SSSR count). The molecule has 11 heteroatoms. The fraction of sp³-hybridized carbons (Fsp3) is 0.0417. The van der Waals surface area contributed by atoms with Crippen LogP contribution in [-0.2, 0) is 19.7 Å². The Bertz CT molecular complexity index is 1500. The maximum Gasteiger partial charge on any atom is 0.339 e. The smallest absolute Gasteiger partial charge is 0.339 e. The van der Waals surface area contributed by atoms with Crippen molar-refractivity contribution in [3.63, 3.8) is 0 Å². The molecule has 0 atom stereocenters. The van der Waals surface area contributed by atoms with Gasteiger partial charge in [0, 0.05) is 15.6 Å². The first kappa shape index (κ1) is 24.5. The molecule has 1 heterocycles. The first-order chi connectivity index (χ1) is 16.6. The van der Waals surface area contributed by atoms with Gasteiger partial charge in [0.25, 0.3) is 11.8 Å². The van der Waals surface area contributed by atoms with E-state index in [9.17, 15) is 22.8 Å². The lowest BCUT2D eigenvalue weighted by atomic mass is 10.1.